The average molecular weight is 384 g/mol. The Balaban J connectivity index is 1.82. The van der Waals surface area contributed by atoms with Gasteiger partial charge in [0, 0.05) is 36.4 Å². The van der Waals surface area contributed by atoms with Crippen molar-refractivity contribution in [3.05, 3.63) is 47.2 Å². The molecule has 29 heavy (non-hydrogen) atoms. The minimum Gasteiger partial charge on any atom is -0.369 e. The first-order valence-corrected chi connectivity index (χ1v) is 10.0. The molecule has 0 aliphatic carbocycles. The average Bonchev–Trinajstić information content (AvgIpc) is 3.33. The number of imidazole rings is 1. The second-order valence-electron chi connectivity index (χ2n) is 8.29. The van der Waals surface area contributed by atoms with E-state index in [2.05, 4.69) is 66.4 Å². The molecule has 1 fully saturated rings. The lowest BCUT2D eigenvalue weighted by Gasteiger charge is -2.23. The smallest absolute Gasteiger partial charge is 0.157 e. The number of aromatic nitrogens is 3. The lowest BCUT2D eigenvalue weighted by molar-refractivity contribution is 0.315. The molecule has 0 amide bonds. The number of benzene rings is 1. The van der Waals surface area contributed by atoms with Gasteiger partial charge in [0.15, 0.2) is 5.65 Å². The minimum atomic E-state index is 0.539. The number of hydrogen-bond acceptors (Lipinski definition) is 5. The fourth-order valence-electron chi connectivity index (χ4n) is 4.45. The summed E-state index contributed by atoms with van der Waals surface area (Å²) in [6, 6.07) is 11.2. The van der Waals surface area contributed by atoms with Crippen LogP contribution in [0, 0.1) is 25.2 Å². The Morgan fingerprint density at radius 1 is 1.14 bits per heavy atom. The minimum absolute atomic E-state index is 0.539. The summed E-state index contributed by atoms with van der Waals surface area (Å²) in [5, 5.41) is 10.9. The Kier molecular flexibility index (Phi) is 3.97. The van der Waals surface area contributed by atoms with E-state index in [1.165, 1.54) is 11.1 Å². The van der Waals surface area contributed by atoms with Crippen molar-refractivity contribution in [3.8, 4) is 6.07 Å². The molecule has 0 radical (unpaired) electrons. The second-order valence-corrected chi connectivity index (χ2v) is 8.29. The van der Waals surface area contributed by atoms with Gasteiger partial charge < -0.3 is 9.80 Å². The molecule has 1 aliphatic heterocycles. The van der Waals surface area contributed by atoms with Crippen molar-refractivity contribution >= 4 is 33.4 Å². The second kappa shape index (κ2) is 6.43. The van der Waals surface area contributed by atoms with E-state index in [4.69, 9.17) is 9.97 Å². The Bertz CT molecular complexity index is 1310. The third-order valence-corrected chi connectivity index (χ3v) is 6.31. The molecule has 0 bridgehead atoms. The van der Waals surface area contributed by atoms with Gasteiger partial charge in [-0.3, -0.25) is 4.40 Å². The van der Waals surface area contributed by atoms with Crippen LogP contribution < -0.4 is 4.90 Å². The van der Waals surface area contributed by atoms with E-state index in [1.807, 2.05) is 12.3 Å². The number of anilines is 1. The van der Waals surface area contributed by atoms with Gasteiger partial charge in [-0.15, -0.1) is 0 Å². The molecule has 1 saturated heterocycles. The summed E-state index contributed by atoms with van der Waals surface area (Å²) >= 11 is 0. The predicted molar refractivity (Wildman–Crippen MR) is 116 cm³/mol. The van der Waals surface area contributed by atoms with Crippen molar-refractivity contribution < 1.29 is 0 Å². The highest BCUT2D eigenvalue weighted by Crippen LogP contribution is 2.33. The van der Waals surface area contributed by atoms with E-state index >= 15 is 0 Å². The van der Waals surface area contributed by atoms with Gasteiger partial charge in [0.2, 0.25) is 0 Å². The van der Waals surface area contributed by atoms with Gasteiger partial charge in [-0.1, -0.05) is 0 Å². The summed E-state index contributed by atoms with van der Waals surface area (Å²) in [7, 11) is 4.27. The Hall–Kier alpha value is -3.17. The van der Waals surface area contributed by atoms with E-state index in [0.717, 1.165) is 47.3 Å². The van der Waals surface area contributed by atoms with Gasteiger partial charge in [-0.05, 0) is 69.8 Å². The van der Waals surface area contributed by atoms with E-state index in [1.54, 1.807) is 0 Å². The fourth-order valence-corrected chi connectivity index (χ4v) is 4.45. The number of hydrogen-bond donors (Lipinski definition) is 0. The van der Waals surface area contributed by atoms with Crippen LogP contribution in [0.2, 0.25) is 0 Å². The van der Waals surface area contributed by atoms with Crippen molar-refractivity contribution in [1.29, 1.82) is 5.26 Å². The lowest BCUT2D eigenvalue weighted by atomic mass is 10.1. The number of nitrogens with zero attached hydrogens (tertiary/aromatic N) is 6. The van der Waals surface area contributed by atoms with Crippen molar-refractivity contribution in [1.82, 2.24) is 19.3 Å². The summed E-state index contributed by atoms with van der Waals surface area (Å²) in [5.74, 6) is 0. The third kappa shape index (κ3) is 2.65. The Morgan fingerprint density at radius 3 is 2.66 bits per heavy atom. The first kappa shape index (κ1) is 17.9. The van der Waals surface area contributed by atoms with Crippen LogP contribution in [0.3, 0.4) is 0 Å². The highest BCUT2D eigenvalue weighted by molar-refractivity contribution is 5.97. The van der Waals surface area contributed by atoms with Crippen LogP contribution in [0.4, 0.5) is 5.69 Å². The summed E-state index contributed by atoms with van der Waals surface area (Å²) in [4.78, 5) is 14.2. The summed E-state index contributed by atoms with van der Waals surface area (Å²) in [6.07, 6.45) is 3.01. The summed E-state index contributed by atoms with van der Waals surface area (Å²) in [5.41, 5.74) is 7.57. The lowest BCUT2D eigenvalue weighted by Crippen LogP contribution is -2.31. The van der Waals surface area contributed by atoms with Crippen molar-refractivity contribution in [3.63, 3.8) is 0 Å². The fraction of sp³-hybridized carbons (Fsp3) is 0.348. The van der Waals surface area contributed by atoms with Gasteiger partial charge in [-0.25, -0.2) is 9.97 Å². The van der Waals surface area contributed by atoms with E-state index in [-0.39, 0.29) is 0 Å². The van der Waals surface area contributed by atoms with Crippen LogP contribution in [0.15, 0.2) is 30.5 Å². The van der Waals surface area contributed by atoms with E-state index < -0.39 is 0 Å². The molecule has 1 aromatic carbocycles. The molecule has 0 saturated carbocycles. The van der Waals surface area contributed by atoms with Gasteiger partial charge >= 0.3 is 0 Å². The number of nitriles is 1. The highest BCUT2D eigenvalue weighted by atomic mass is 15.2. The number of aryl methyl sites for hydroxylation is 2. The number of pyridine rings is 2. The van der Waals surface area contributed by atoms with Crippen LogP contribution in [0.1, 0.15) is 23.1 Å². The standard InChI is InChI=1S/C23H24N6/c1-14-9-19-21(10-15(14)2)29-22(26-19)16(12-24)11-18-20(5-7-25-23(18)29)28-8-6-17(13-28)27(3)4/h5,7,9-11,17H,6,8,13H2,1-4H3/t17-/m0/s1. The predicted octanol–water partition coefficient (Wildman–Crippen LogP) is 3.66. The molecule has 146 valence electrons. The Labute approximate surface area is 170 Å². The summed E-state index contributed by atoms with van der Waals surface area (Å²) in [6.45, 7) is 6.18. The third-order valence-electron chi connectivity index (χ3n) is 6.31. The van der Waals surface area contributed by atoms with Gasteiger partial charge in [0.25, 0.3) is 0 Å². The van der Waals surface area contributed by atoms with E-state index in [0.29, 0.717) is 17.3 Å². The number of likely N-dealkylation sites (N-methyl/N-ethyl adjacent to an activating group) is 1. The largest absolute Gasteiger partial charge is 0.369 e. The van der Waals surface area contributed by atoms with Gasteiger partial charge in [-0.2, -0.15) is 5.26 Å². The highest BCUT2D eigenvalue weighted by Gasteiger charge is 2.26. The molecular formula is C23H24N6. The molecule has 5 rings (SSSR count). The number of rotatable bonds is 2. The van der Waals surface area contributed by atoms with Gasteiger partial charge in [0.05, 0.1) is 16.6 Å². The van der Waals surface area contributed by atoms with Crippen LogP contribution in [-0.2, 0) is 0 Å². The Morgan fingerprint density at radius 2 is 1.93 bits per heavy atom. The van der Waals surface area contributed by atoms with Crippen molar-refractivity contribution in [2.45, 2.75) is 26.3 Å². The molecule has 1 aliphatic rings. The molecule has 0 spiro atoms. The van der Waals surface area contributed by atoms with E-state index in [9.17, 15) is 5.26 Å². The molecule has 4 heterocycles. The zero-order chi connectivity index (χ0) is 20.3. The molecule has 0 unspecified atom stereocenters. The van der Waals surface area contributed by atoms with Crippen LogP contribution in [0.5, 0.6) is 0 Å². The zero-order valence-electron chi connectivity index (χ0n) is 17.3. The molecule has 4 aromatic rings. The van der Waals surface area contributed by atoms with Crippen LogP contribution in [-0.4, -0.2) is 52.5 Å². The summed E-state index contributed by atoms with van der Waals surface area (Å²) < 4.78 is 2.05. The maximum atomic E-state index is 9.86. The molecule has 6 heteroatoms. The van der Waals surface area contributed by atoms with Crippen molar-refractivity contribution in [2.75, 3.05) is 32.1 Å². The zero-order valence-corrected chi connectivity index (χ0v) is 17.3. The molecule has 3 aromatic heterocycles. The maximum absolute atomic E-state index is 9.86. The molecule has 0 N–H and O–H groups in total. The topological polar surface area (TPSA) is 60.5 Å². The first-order chi connectivity index (χ1) is 14.0. The van der Waals surface area contributed by atoms with Crippen LogP contribution >= 0.6 is 0 Å². The monoisotopic (exact) mass is 384 g/mol. The number of fused-ring (bicyclic) bond motifs is 5. The normalized spacial score (nSPS) is 17.1. The molecule has 6 nitrogen and oxygen atoms in total. The molecule has 1 atom stereocenters. The maximum Gasteiger partial charge on any atom is 0.157 e. The molecular weight excluding hydrogens is 360 g/mol. The van der Waals surface area contributed by atoms with Crippen molar-refractivity contribution in [2.24, 2.45) is 0 Å². The SMILES string of the molecule is Cc1cc2nc3c(C#N)cc4c(N5CC[C@H](N(C)C)C5)ccnc4n3c2cc1C. The quantitative estimate of drug-likeness (QED) is 0.528. The van der Waals surface area contributed by atoms with Crippen LogP contribution in [0.25, 0.3) is 27.7 Å². The first-order valence-electron chi connectivity index (χ1n) is 10.0. The van der Waals surface area contributed by atoms with Gasteiger partial charge in [0.1, 0.15) is 11.7 Å².